The monoisotopic (exact) mass is 226 g/mol. The Morgan fingerprint density at radius 3 is 2.92 bits per heavy atom. The molecule has 0 N–H and O–H groups in total. The van der Waals surface area contributed by atoms with E-state index in [2.05, 4.69) is 27.8 Å². The molecule has 0 spiro atoms. The predicted molar refractivity (Wildman–Crippen MR) is 48.8 cm³/mol. The van der Waals surface area contributed by atoms with Gasteiger partial charge in [-0.15, -0.1) is 5.92 Å². The third-order valence-electron chi connectivity index (χ3n) is 1.27. The number of carbonyl (C=O) groups is 1. The van der Waals surface area contributed by atoms with E-state index in [-0.39, 0.29) is 12.2 Å². The number of hydrogen-bond acceptors (Lipinski definition) is 2. The standard InChI is InChI=1S/C9H7BrO2/c1-2-3-4-7(11)8-5-6-9(10)12-8/h5-6H,4H2,1H3. The van der Waals surface area contributed by atoms with Crippen LogP contribution in [0.5, 0.6) is 0 Å². The van der Waals surface area contributed by atoms with Gasteiger partial charge in [-0.3, -0.25) is 4.79 Å². The molecule has 0 aliphatic rings. The SMILES string of the molecule is CC#CCC(=O)c1ccc(Br)o1. The van der Waals surface area contributed by atoms with Crippen LogP contribution in [0.1, 0.15) is 23.9 Å². The maximum atomic E-state index is 11.2. The highest BCUT2D eigenvalue weighted by atomic mass is 79.9. The zero-order chi connectivity index (χ0) is 8.97. The molecule has 0 aromatic carbocycles. The van der Waals surface area contributed by atoms with E-state index in [1.54, 1.807) is 19.1 Å². The van der Waals surface area contributed by atoms with Crippen LogP contribution in [-0.2, 0) is 0 Å². The van der Waals surface area contributed by atoms with Crippen molar-refractivity contribution >= 4 is 21.7 Å². The molecule has 62 valence electrons. The Balaban J connectivity index is 2.69. The number of halogens is 1. The molecule has 0 fully saturated rings. The van der Waals surface area contributed by atoms with Crippen LogP contribution in [0.4, 0.5) is 0 Å². The van der Waals surface area contributed by atoms with Crippen LogP contribution in [0, 0.1) is 11.8 Å². The van der Waals surface area contributed by atoms with Crippen molar-refractivity contribution in [2.75, 3.05) is 0 Å². The second-order valence-electron chi connectivity index (χ2n) is 2.13. The van der Waals surface area contributed by atoms with Crippen molar-refractivity contribution in [3.8, 4) is 11.8 Å². The van der Waals surface area contributed by atoms with Crippen LogP contribution >= 0.6 is 15.9 Å². The van der Waals surface area contributed by atoms with Gasteiger partial charge >= 0.3 is 0 Å². The van der Waals surface area contributed by atoms with Crippen LogP contribution in [0.2, 0.25) is 0 Å². The van der Waals surface area contributed by atoms with E-state index in [4.69, 9.17) is 4.42 Å². The second kappa shape index (κ2) is 4.13. The van der Waals surface area contributed by atoms with E-state index < -0.39 is 0 Å². The van der Waals surface area contributed by atoms with Crippen LogP contribution in [0.15, 0.2) is 21.2 Å². The zero-order valence-corrected chi connectivity index (χ0v) is 8.14. The molecule has 0 aliphatic heterocycles. The molecule has 1 heterocycles. The van der Waals surface area contributed by atoms with E-state index in [0.717, 1.165) is 0 Å². The van der Waals surface area contributed by atoms with Gasteiger partial charge in [0.05, 0.1) is 6.42 Å². The lowest BCUT2D eigenvalue weighted by Crippen LogP contribution is -1.93. The Morgan fingerprint density at radius 1 is 1.67 bits per heavy atom. The summed E-state index contributed by atoms with van der Waals surface area (Å²) in [6.07, 6.45) is 0.219. The van der Waals surface area contributed by atoms with E-state index >= 15 is 0 Å². The summed E-state index contributed by atoms with van der Waals surface area (Å²) in [6, 6.07) is 3.32. The van der Waals surface area contributed by atoms with E-state index in [9.17, 15) is 4.79 Å². The van der Waals surface area contributed by atoms with Crippen molar-refractivity contribution in [1.82, 2.24) is 0 Å². The van der Waals surface area contributed by atoms with E-state index in [1.807, 2.05) is 0 Å². The molecule has 0 atom stereocenters. The van der Waals surface area contributed by atoms with Gasteiger partial charge in [-0.05, 0) is 35.0 Å². The summed E-state index contributed by atoms with van der Waals surface area (Å²) in [5.41, 5.74) is 0. The fourth-order valence-electron chi connectivity index (χ4n) is 0.720. The third-order valence-corrected chi connectivity index (χ3v) is 1.70. The average molecular weight is 227 g/mol. The van der Waals surface area contributed by atoms with Crippen molar-refractivity contribution < 1.29 is 9.21 Å². The Morgan fingerprint density at radius 2 is 2.42 bits per heavy atom. The minimum atomic E-state index is -0.0879. The second-order valence-corrected chi connectivity index (χ2v) is 2.91. The summed E-state index contributed by atoms with van der Waals surface area (Å²) in [4.78, 5) is 11.2. The fraction of sp³-hybridized carbons (Fsp3) is 0.222. The first-order valence-corrected chi connectivity index (χ1v) is 4.21. The van der Waals surface area contributed by atoms with Gasteiger partial charge < -0.3 is 4.42 Å². The molecule has 0 bridgehead atoms. The molecule has 2 nitrogen and oxygen atoms in total. The Hall–Kier alpha value is -1.01. The number of rotatable bonds is 2. The fourth-order valence-corrected chi connectivity index (χ4v) is 1.03. The van der Waals surface area contributed by atoms with Crippen LogP contribution in [0.3, 0.4) is 0 Å². The lowest BCUT2D eigenvalue weighted by molar-refractivity contribution is 0.0970. The first-order valence-electron chi connectivity index (χ1n) is 3.42. The zero-order valence-electron chi connectivity index (χ0n) is 6.56. The minimum absolute atomic E-state index is 0.0879. The van der Waals surface area contributed by atoms with Crippen molar-refractivity contribution in [3.05, 3.63) is 22.6 Å². The summed E-state index contributed by atoms with van der Waals surface area (Å²) in [5, 5.41) is 0. The highest BCUT2D eigenvalue weighted by Gasteiger charge is 2.07. The van der Waals surface area contributed by atoms with Crippen molar-refractivity contribution in [2.24, 2.45) is 0 Å². The average Bonchev–Trinajstić information content (AvgIpc) is 2.47. The van der Waals surface area contributed by atoms with Gasteiger partial charge in [0.25, 0.3) is 0 Å². The van der Waals surface area contributed by atoms with E-state index in [1.165, 1.54) is 0 Å². The Labute approximate surface area is 79.1 Å². The highest BCUT2D eigenvalue weighted by molar-refractivity contribution is 9.10. The molecule has 0 saturated heterocycles. The van der Waals surface area contributed by atoms with Crippen LogP contribution < -0.4 is 0 Å². The van der Waals surface area contributed by atoms with Gasteiger partial charge in [-0.2, -0.15) is 0 Å². The third kappa shape index (κ3) is 2.24. The number of furan rings is 1. The molecule has 0 aliphatic carbocycles. The predicted octanol–water partition coefficient (Wildman–Crippen LogP) is 2.64. The molecule has 0 saturated carbocycles. The number of carbonyl (C=O) groups excluding carboxylic acids is 1. The molecule has 1 rings (SSSR count). The Kier molecular flexibility index (Phi) is 3.12. The van der Waals surface area contributed by atoms with Gasteiger partial charge in [0.2, 0.25) is 5.78 Å². The summed E-state index contributed by atoms with van der Waals surface area (Å²) in [7, 11) is 0. The van der Waals surface area contributed by atoms with Crippen molar-refractivity contribution in [1.29, 1.82) is 0 Å². The lowest BCUT2D eigenvalue weighted by atomic mass is 10.2. The largest absolute Gasteiger partial charge is 0.446 e. The first-order chi connectivity index (χ1) is 5.74. The molecule has 0 amide bonds. The molecule has 12 heavy (non-hydrogen) atoms. The maximum absolute atomic E-state index is 11.2. The summed E-state index contributed by atoms with van der Waals surface area (Å²) in [5.74, 6) is 5.60. The van der Waals surface area contributed by atoms with Crippen LogP contribution in [0.25, 0.3) is 0 Å². The highest BCUT2D eigenvalue weighted by Crippen LogP contribution is 2.14. The summed E-state index contributed by atoms with van der Waals surface area (Å²) in [6.45, 7) is 1.70. The smallest absolute Gasteiger partial charge is 0.209 e. The molecule has 0 unspecified atom stereocenters. The molecule has 0 radical (unpaired) electrons. The number of Topliss-reactive ketones (excluding diaryl/α,β-unsaturated/α-hetero) is 1. The van der Waals surface area contributed by atoms with Crippen molar-refractivity contribution in [3.63, 3.8) is 0 Å². The summed E-state index contributed by atoms with van der Waals surface area (Å²) < 4.78 is 5.61. The molecular formula is C9H7BrO2. The quantitative estimate of drug-likeness (QED) is 0.574. The van der Waals surface area contributed by atoms with Gasteiger partial charge in [0.15, 0.2) is 10.4 Å². The molecule has 1 aromatic heterocycles. The van der Waals surface area contributed by atoms with Gasteiger partial charge in [-0.1, -0.05) is 5.92 Å². The van der Waals surface area contributed by atoms with E-state index in [0.29, 0.717) is 10.4 Å². The van der Waals surface area contributed by atoms with Gasteiger partial charge in [-0.25, -0.2) is 0 Å². The normalized spacial score (nSPS) is 8.83. The van der Waals surface area contributed by atoms with Crippen molar-refractivity contribution in [2.45, 2.75) is 13.3 Å². The van der Waals surface area contributed by atoms with Gasteiger partial charge in [0, 0.05) is 0 Å². The molecule has 1 aromatic rings. The summed E-state index contributed by atoms with van der Waals surface area (Å²) >= 11 is 3.11. The topological polar surface area (TPSA) is 30.2 Å². The lowest BCUT2D eigenvalue weighted by Gasteiger charge is -1.87. The maximum Gasteiger partial charge on any atom is 0.209 e. The first kappa shape index (κ1) is 9.08. The molecule has 3 heteroatoms. The van der Waals surface area contributed by atoms with Gasteiger partial charge in [0.1, 0.15) is 0 Å². The Bertz CT molecular complexity index is 341. The number of ketones is 1. The minimum Gasteiger partial charge on any atom is -0.446 e. The number of hydrogen-bond donors (Lipinski definition) is 0. The molecular weight excluding hydrogens is 220 g/mol. The van der Waals surface area contributed by atoms with Crippen LogP contribution in [-0.4, -0.2) is 5.78 Å².